The topological polar surface area (TPSA) is 43.4 Å². The Morgan fingerprint density at radius 2 is 1.55 bits per heavy atom. The number of aldehydes is 1. The van der Waals surface area contributed by atoms with Crippen LogP contribution >= 0.6 is 11.6 Å². The van der Waals surface area contributed by atoms with Gasteiger partial charge in [0.05, 0.1) is 6.61 Å². The molecule has 0 N–H and O–H groups in total. The molecule has 2 aromatic carbocycles. The van der Waals surface area contributed by atoms with Crippen molar-refractivity contribution < 1.29 is 14.3 Å². The summed E-state index contributed by atoms with van der Waals surface area (Å²) in [5.41, 5.74) is 1.17. The van der Waals surface area contributed by atoms with E-state index in [9.17, 15) is 9.59 Å². The van der Waals surface area contributed by atoms with Crippen LogP contribution in [0.5, 0.6) is 5.75 Å². The fourth-order valence-electron chi connectivity index (χ4n) is 1.70. The van der Waals surface area contributed by atoms with Gasteiger partial charge in [-0.05, 0) is 48.5 Å². The van der Waals surface area contributed by atoms with Crippen LogP contribution in [0.15, 0.2) is 48.5 Å². The number of benzene rings is 2. The molecule has 0 saturated heterocycles. The third-order valence-corrected chi connectivity index (χ3v) is 2.98. The predicted molar refractivity (Wildman–Crippen MR) is 77.5 cm³/mol. The molecule has 102 valence electrons. The van der Waals surface area contributed by atoms with E-state index in [1.54, 1.807) is 48.5 Å². The van der Waals surface area contributed by atoms with Crippen LogP contribution in [0.4, 0.5) is 0 Å². The van der Waals surface area contributed by atoms with Crippen LogP contribution in [0.1, 0.15) is 22.3 Å². The third-order valence-electron chi connectivity index (χ3n) is 2.73. The molecule has 0 aliphatic heterocycles. The molecule has 2 aromatic rings. The van der Waals surface area contributed by atoms with Crippen molar-refractivity contribution in [3.05, 3.63) is 64.7 Å². The summed E-state index contributed by atoms with van der Waals surface area (Å²) < 4.78 is 5.34. The molecule has 0 saturated carbocycles. The second kappa shape index (κ2) is 6.87. The highest BCUT2D eigenvalue weighted by atomic mass is 35.5. The molecular formula is C16H13ClO3. The van der Waals surface area contributed by atoms with E-state index in [0.717, 1.165) is 6.29 Å². The van der Waals surface area contributed by atoms with Crippen molar-refractivity contribution >= 4 is 23.7 Å². The van der Waals surface area contributed by atoms with Gasteiger partial charge < -0.3 is 9.53 Å². The summed E-state index contributed by atoms with van der Waals surface area (Å²) in [7, 11) is 0. The monoisotopic (exact) mass is 288 g/mol. The fraction of sp³-hybridized carbons (Fsp3) is 0.125. The van der Waals surface area contributed by atoms with Crippen LogP contribution in [-0.2, 0) is 4.79 Å². The van der Waals surface area contributed by atoms with E-state index in [1.165, 1.54) is 0 Å². The smallest absolute Gasteiger partial charge is 0.193 e. The molecule has 0 aromatic heterocycles. The van der Waals surface area contributed by atoms with Gasteiger partial charge in [-0.3, -0.25) is 4.79 Å². The van der Waals surface area contributed by atoms with Gasteiger partial charge in [-0.25, -0.2) is 0 Å². The lowest BCUT2D eigenvalue weighted by molar-refractivity contribution is -0.108. The van der Waals surface area contributed by atoms with Crippen LogP contribution in [-0.4, -0.2) is 18.7 Å². The van der Waals surface area contributed by atoms with E-state index in [-0.39, 0.29) is 5.78 Å². The summed E-state index contributed by atoms with van der Waals surface area (Å²) in [5, 5.41) is 0.598. The number of hydrogen-bond donors (Lipinski definition) is 0. The van der Waals surface area contributed by atoms with Crippen molar-refractivity contribution in [1.29, 1.82) is 0 Å². The first kappa shape index (κ1) is 14.3. The zero-order valence-electron chi connectivity index (χ0n) is 10.7. The number of carbonyl (C=O) groups is 2. The second-order valence-electron chi connectivity index (χ2n) is 4.16. The van der Waals surface area contributed by atoms with Gasteiger partial charge in [0.15, 0.2) is 5.78 Å². The van der Waals surface area contributed by atoms with Gasteiger partial charge in [0.2, 0.25) is 0 Å². The molecule has 0 fully saturated rings. The van der Waals surface area contributed by atoms with E-state index in [1.807, 2.05) is 0 Å². The maximum atomic E-state index is 12.2. The Morgan fingerprint density at radius 1 is 1.00 bits per heavy atom. The normalized spacial score (nSPS) is 10.1. The summed E-state index contributed by atoms with van der Waals surface area (Å²) in [4.78, 5) is 22.4. The Morgan fingerprint density at radius 3 is 2.10 bits per heavy atom. The van der Waals surface area contributed by atoms with Crippen molar-refractivity contribution in [2.75, 3.05) is 6.61 Å². The summed E-state index contributed by atoms with van der Waals surface area (Å²) in [6.45, 7) is 0.341. The van der Waals surface area contributed by atoms with Crippen molar-refractivity contribution in [3.8, 4) is 5.75 Å². The SMILES string of the molecule is O=CCCOc1ccc(C(=O)c2ccc(Cl)cc2)cc1. The van der Waals surface area contributed by atoms with Crippen LogP contribution in [0.3, 0.4) is 0 Å². The van der Waals surface area contributed by atoms with Gasteiger partial charge in [-0.1, -0.05) is 11.6 Å². The molecule has 0 heterocycles. The highest BCUT2D eigenvalue weighted by Gasteiger charge is 2.08. The van der Waals surface area contributed by atoms with Gasteiger partial charge in [0.25, 0.3) is 0 Å². The van der Waals surface area contributed by atoms with Crippen molar-refractivity contribution in [2.45, 2.75) is 6.42 Å². The number of carbonyl (C=O) groups excluding carboxylic acids is 2. The molecule has 20 heavy (non-hydrogen) atoms. The quantitative estimate of drug-likeness (QED) is 0.464. The Labute approximate surface area is 122 Å². The van der Waals surface area contributed by atoms with Gasteiger partial charge in [0, 0.05) is 22.6 Å². The second-order valence-corrected chi connectivity index (χ2v) is 4.60. The van der Waals surface area contributed by atoms with Crippen molar-refractivity contribution in [3.63, 3.8) is 0 Å². The van der Waals surface area contributed by atoms with Crippen LogP contribution in [0.2, 0.25) is 5.02 Å². The summed E-state index contributed by atoms with van der Waals surface area (Å²) >= 11 is 5.79. The zero-order chi connectivity index (χ0) is 14.4. The fourth-order valence-corrected chi connectivity index (χ4v) is 1.82. The summed E-state index contributed by atoms with van der Waals surface area (Å²) in [5.74, 6) is 0.570. The van der Waals surface area contributed by atoms with E-state index >= 15 is 0 Å². The highest BCUT2D eigenvalue weighted by Crippen LogP contribution is 2.17. The lowest BCUT2D eigenvalue weighted by atomic mass is 10.0. The lowest BCUT2D eigenvalue weighted by Gasteiger charge is -2.05. The minimum atomic E-state index is -0.0684. The summed E-state index contributed by atoms with van der Waals surface area (Å²) in [6.07, 6.45) is 1.16. The Hall–Kier alpha value is -2.13. The zero-order valence-corrected chi connectivity index (χ0v) is 11.5. The average molecular weight is 289 g/mol. The Kier molecular flexibility index (Phi) is 4.91. The van der Waals surface area contributed by atoms with Gasteiger partial charge >= 0.3 is 0 Å². The molecule has 0 unspecified atom stereocenters. The first-order chi connectivity index (χ1) is 9.70. The maximum Gasteiger partial charge on any atom is 0.193 e. The molecular weight excluding hydrogens is 276 g/mol. The number of rotatable bonds is 6. The molecule has 0 spiro atoms. The Balaban J connectivity index is 2.07. The molecule has 0 atom stereocenters. The Bertz CT molecular complexity index is 588. The number of hydrogen-bond acceptors (Lipinski definition) is 3. The molecule has 3 nitrogen and oxygen atoms in total. The first-order valence-corrected chi connectivity index (χ1v) is 6.55. The van der Waals surface area contributed by atoms with Crippen LogP contribution in [0, 0.1) is 0 Å². The van der Waals surface area contributed by atoms with Gasteiger partial charge in [-0.2, -0.15) is 0 Å². The number of ether oxygens (including phenoxy) is 1. The minimum Gasteiger partial charge on any atom is -0.493 e. The van der Waals surface area contributed by atoms with Crippen LogP contribution < -0.4 is 4.74 Å². The van der Waals surface area contributed by atoms with Crippen molar-refractivity contribution in [1.82, 2.24) is 0 Å². The molecule has 0 amide bonds. The predicted octanol–water partition coefficient (Wildman–Crippen LogP) is 3.54. The minimum absolute atomic E-state index is 0.0684. The number of halogens is 1. The molecule has 0 radical (unpaired) electrons. The van der Waals surface area contributed by atoms with Gasteiger partial charge in [0.1, 0.15) is 12.0 Å². The average Bonchev–Trinajstić information content (AvgIpc) is 2.48. The maximum absolute atomic E-state index is 12.2. The molecule has 0 aliphatic rings. The van der Waals surface area contributed by atoms with E-state index in [4.69, 9.17) is 16.3 Å². The number of ketones is 1. The first-order valence-electron chi connectivity index (χ1n) is 6.17. The largest absolute Gasteiger partial charge is 0.493 e. The van der Waals surface area contributed by atoms with Gasteiger partial charge in [-0.15, -0.1) is 0 Å². The highest BCUT2D eigenvalue weighted by molar-refractivity contribution is 6.30. The van der Waals surface area contributed by atoms with Crippen LogP contribution in [0.25, 0.3) is 0 Å². The van der Waals surface area contributed by atoms with Crippen molar-refractivity contribution in [2.24, 2.45) is 0 Å². The molecule has 4 heteroatoms. The van der Waals surface area contributed by atoms with E-state index in [2.05, 4.69) is 0 Å². The summed E-state index contributed by atoms with van der Waals surface area (Å²) in [6, 6.07) is 13.6. The molecule has 0 bridgehead atoms. The lowest BCUT2D eigenvalue weighted by Crippen LogP contribution is -2.02. The standard InChI is InChI=1S/C16H13ClO3/c17-14-6-2-12(3-7-14)16(19)13-4-8-15(9-5-13)20-11-1-10-18/h2-10H,1,11H2. The van der Waals surface area contributed by atoms with E-state index in [0.29, 0.717) is 34.9 Å². The van der Waals surface area contributed by atoms with E-state index < -0.39 is 0 Å². The third kappa shape index (κ3) is 3.68. The molecule has 2 rings (SSSR count). The molecule has 0 aliphatic carbocycles.